The van der Waals surface area contributed by atoms with Gasteiger partial charge in [0, 0.05) is 18.7 Å². The molecule has 0 fully saturated rings. The summed E-state index contributed by atoms with van der Waals surface area (Å²) in [7, 11) is 0. The Morgan fingerprint density at radius 2 is 2.19 bits per heavy atom. The van der Waals surface area contributed by atoms with Gasteiger partial charge in [0.15, 0.2) is 0 Å². The lowest BCUT2D eigenvalue weighted by molar-refractivity contribution is -0.125. The Hall–Kier alpha value is -2.30. The molecule has 0 bridgehead atoms. The number of nitrogen functional groups attached to an aromatic ring is 1. The molecule has 3 N–H and O–H groups in total. The number of aryl methyl sites for hydroxylation is 1. The summed E-state index contributed by atoms with van der Waals surface area (Å²) in [5.41, 5.74) is 8.94. The second kappa shape index (κ2) is 5.99. The van der Waals surface area contributed by atoms with Gasteiger partial charge in [-0.15, -0.1) is 0 Å². The molecule has 3 rings (SSSR count). The van der Waals surface area contributed by atoms with Crippen molar-refractivity contribution >= 4 is 11.6 Å². The maximum absolute atomic E-state index is 12.2. The number of fused-ring (bicyclic) bond motifs is 1. The van der Waals surface area contributed by atoms with Gasteiger partial charge in [0.2, 0.25) is 5.91 Å². The van der Waals surface area contributed by atoms with Gasteiger partial charge in [-0.1, -0.05) is 24.3 Å². The van der Waals surface area contributed by atoms with Crippen molar-refractivity contribution in [3.8, 4) is 0 Å². The summed E-state index contributed by atoms with van der Waals surface area (Å²) in [6.45, 7) is 1.23. The van der Waals surface area contributed by atoms with Crippen LogP contribution in [-0.4, -0.2) is 22.2 Å². The van der Waals surface area contributed by atoms with Crippen LogP contribution < -0.4 is 11.1 Å². The maximum Gasteiger partial charge on any atom is 0.223 e. The van der Waals surface area contributed by atoms with Crippen molar-refractivity contribution in [2.75, 3.05) is 12.3 Å². The second-order valence-corrected chi connectivity index (χ2v) is 5.54. The minimum absolute atomic E-state index is 0.0857. The number of amides is 1. The highest BCUT2D eigenvalue weighted by atomic mass is 16.1. The molecule has 0 saturated heterocycles. The molecule has 110 valence electrons. The van der Waals surface area contributed by atoms with Gasteiger partial charge in [-0.25, -0.2) is 0 Å². The molecule has 1 amide bonds. The number of carbonyl (C=O) groups is 1. The molecule has 1 aliphatic rings. The van der Waals surface area contributed by atoms with Gasteiger partial charge >= 0.3 is 0 Å². The fourth-order valence-corrected chi connectivity index (χ4v) is 2.86. The molecule has 0 radical (unpaired) electrons. The molecular formula is C16H20N4O. The van der Waals surface area contributed by atoms with Gasteiger partial charge in [0.25, 0.3) is 0 Å². The van der Waals surface area contributed by atoms with E-state index >= 15 is 0 Å². The zero-order valence-corrected chi connectivity index (χ0v) is 12.0. The lowest BCUT2D eigenvalue weighted by Gasteiger charge is -2.23. The predicted molar refractivity (Wildman–Crippen MR) is 81.6 cm³/mol. The maximum atomic E-state index is 12.2. The van der Waals surface area contributed by atoms with Crippen molar-refractivity contribution in [3.05, 3.63) is 47.8 Å². The number of nitrogens with zero attached hydrogens (tertiary/aromatic N) is 2. The average Bonchev–Trinajstić information content (AvgIpc) is 2.92. The van der Waals surface area contributed by atoms with Crippen molar-refractivity contribution in [3.63, 3.8) is 0 Å². The normalized spacial score (nSPS) is 17.2. The first-order valence-electron chi connectivity index (χ1n) is 7.35. The van der Waals surface area contributed by atoms with E-state index in [1.165, 1.54) is 11.1 Å². The van der Waals surface area contributed by atoms with Crippen molar-refractivity contribution in [1.82, 2.24) is 15.1 Å². The van der Waals surface area contributed by atoms with Crippen LogP contribution in [0.4, 0.5) is 5.69 Å². The first-order valence-corrected chi connectivity index (χ1v) is 7.35. The highest BCUT2D eigenvalue weighted by Crippen LogP contribution is 2.25. The molecule has 0 saturated carbocycles. The molecule has 2 aromatic rings. The second-order valence-electron chi connectivity index (χ2n) is 5.54. The summed E-state index contributed by atoms with van der Waals surface area (Å²) in [5.74, 6) is 0.229. The van der Waals surface area contributed by atoms with Crippen LogP contribution in [-0.2, 0) is 24.2 Å². The first kappa shape index (κ1) is 13.7. The number of nitrogens with one attached hydrogen (secondary N) is 1. The Balaban J connectivity index is 1.50. The van der Waals surface area contributed by atoms with E-state index < -0.39 is 0 Å². The molecule has 1 aromatic heterocycles. The molecule has 0 spiro atoms. The molecular weight excluding hydrogens is 264 g/mol. The highest BCUT2D eigenvalue weighted by molar-refractivity contribution is 5.79. The van der Waals surface area contributed by atoms with Gasteiger partial charge in [-0.2, -0.15) is 5.10 Å². The molecule has 1 aliphatic carbocycles. The van der Waals surface area contributed by atoms with Crippen LogP contribution in [0.2, 0.25) is 0 Å². The van der Waals surface area contributed by atoms with Crippen LogP contribution in [0, 0.1) is 5.92 Å². The topological polar surface area (TPSA) is 72.9 Å². The fraction of sp³-hybridized carbons (Fsp3) is 0.375. The van der Waals surface area contributed by atoms with E-state index in [0.29, 0.717) is 18.8 Å². The molecule has 1 heterocycles. The highest BCUT2D eigenvalue weighted by Gasteiger charge is 2.23. The van der Waals surface area contributed by atoms with E-state index in [1.54, 1.807) is 17.1 Å². The summed E-state index contributed by atoms with van der Waals surface area (Å²) in [4.78, 5) is 12.2. The van der Waals surface area contributed by atoms with E-state index in [1.807, 2.05) is 6.07 Å². The Morgan fingerprint density at radius 3 is 2.95 bits per heavy atom. The zero-order valence-electron chi connectivity index (χ0n) is 12.0. The standard InChI is InChI=1S/C16H20N4O/c17-15-10-19-20(11-15)8-7-18-16(21)14-6-5-12-3-1-2-4-13(12)9-14/h1-4,10-11,14H,5-9,17H2,(H,18,21). The molecule has 1 atom stereocenters. The summed E-state index contributed by atoms with van der Waals surface area (Å²) in [6.07, 6.45) is 6.14. The Labute approximate surface area is 124 Å². The van der Waals surface area contributed by atoms with Crippen LogP contribution in [0.3, 0.4) is 0 Å². The third kappa shape index (κ3) is 3.24. The molecule has 21 heavy (non-hydrogen) atoms. The lowest BCUT2D eigenvalue weighted by Crippen LogP contribution is -2.35. The van der Waals surface area contributed by atoms with Gasteiger partial charge in [0.05, 0.1) is 18.4 Å². The summed E-state index contributed by atoms with van der Waals surface area (Å²) >= 11 is 0. The van der Waals surface area contributed by atoms with Crippen LogP contribution in [0.5, 0.6) is 0 Å². The van der Waals surface area contributed by atoms with Crippen molar-refractivity contribution in [2.24, 2.45) is 5.92 Å². The number of anilines is 1. The smallest absolute Gasteiger partial charge is 0.223 e. The van der Waals surface area contributed by atoms with Gasteiger partial charge < -0.3 is 11.1 Å². The fourth-order valence-electron chi connectivity index (χ4n) is 2.86. The van der Waals surface area contributed by atoms with E-state index in [-0.39, 0.29) is 11.8 Å². The molecule has 1 aromatic carbocycles. The summed E-state index contributed by atoms with van der Waals surface area (Å²) < 4.78 is 1.74. The number of carbonyl (C=O) groups excluding carboxylic acids is 1. The molecule has 5 heteroatoms. The lowest BCUT2D eigenvalue weighted by atomic mass is 9.83. The van der Waals surface area contributed by atoms with Crippen LogP contribution >= 0.6 is 0 Å². The Bertz CT molecular complexity index is 635. The number of nitrogens with two attached hydrogens (primary N) is 1. The predicted octanol–water partition coefficient (Wildman–Crippen LogP) is 1.39. The van der Waals surface area contributed by atoms with Gasteiger partial charge in [-0.3, -0.25) is 9.48 Å². The van der Waals surface area contributed by atoms with Crippen LogP contribution in [0.1, 0.15) is 17.5 Å². The van der Waals surface area contributed by atoms with E-state index in [4.69, 9.17) is 5.73 Å². The largest absolute Gasteiger partial charge is 0.396 e. The summed E-state index contributed by atoms with van der Waals surface area (Å²) in [5, 5.41) is 7.10. The van der Waals surface area contributed by atoms with Crippen molar-refractivity contribution in [1.29, 1.82) is 0 Å². The quantitative estimate of drug-likeness (QED) is 0.891. The number of rotatable bonds is 4. The van der Waals surface area contributed by atoms with Crippen LogP contribution in [0.15, 0.2) is 36.7 Å². The number of hydrogen-bond donors (Lipinski definition) is 2. The Morgan fingerprint density at radius 1 is 1.38 bits per heavy atom. The minimum Gasteiger partial charge on any atom is -0.396 e. The number of aromatic nitrogens is 2. The number of benzene rings is 1. The van der Waals surface area contributed by atoms with Gasteiger partial charge in [-0.05, 0) is 30.4 Å². The first-order chi connectivity index (χ1) is 10.2. The number of hydrogen-bond acceptors (Lipinski definition) is 3. The monoisotopic (exact) mass is 284 g/mol. The van der Waals surface area contributed by atoms with E-state index in [2.05, 4.69) is 28.6 Å². The third-order valence-corrected chi connectivity index (χ3v) is 4.01. The molecule has 0 aliphatic heterocycles. The summed E-state index contributed by atoms with van der Waals surface area (Å²) in [6, 6.07) is 8.39. The van der Waals surface area contributed by atoms with Gasteiger partial charge in [0.1, 0.15) is 0 Å². The van der Waals surface area contributed by atoms with Crippen molar-refractivity contribution in [2.45, 2.75) is 25.8 Å². The SMILES string of the molecule is Nc1cnn(CCNC(=O)C2CCc3ccccc3C2)c1. The Kier molecular flexibility index (Phi) is 3.90. The van der Waals surface area contributed by atoms with E-state index in [9.17, 15) is 4.79 Å². The van der Waals surface area contributed by atoms with Crippen LogP contribution in [0.25, 0.3) is 0 Å². The molecule has 1 unspecified atom stereocenters. The third-order valence-electron chi connectivity index (χ3n) is 4.01. The molecule has 5 nitrogen and oxygen atoms in total. The van der Waals surface area contributed by atoms with E-state index in [0.717, 1.165) is 19.3 Å². The van der Waals surface area contributed by atoms with Crippen molar-refractivity contribution < 1.29 is 4.79 Å². The zero-order chi connectivity index (χ0) is 14.7. The minimum atomic E-state index is 0.0857. The average molecular weight is 284 g/mol.